The average molecular weight is 316 g/mol. The van der Waals surface area contributed by atoms with Gasteiger partial charge in [0.2, 0.25) is 11.6 Å². The number of amides is 1. The van der Waals surface area contributed by atoms with Gasteiger partial charge in [0.25, 0.3) is 5.91 Å². The van der Waals surface area contributed by atoms with Crippen molar-refractivity contribution in [2.24, 2.45) is 0 Å². The normalized spacial score (nSPS) is 17.2. The molecular formula is C16H20N4O3. The number of rotatable bonds is 6. The van der Waals surface area contributed by atoms with Crippen molar-refractivity contribution in [2.45, 2.75) is 25.5 Å². The van der Waals surface area contributed by atoms with Crippen LogP contribution in [-0.4, -0.2) is 47.3 Å². The number of hydrogen-bond donors (Lipinski definition) is 1. The molecule has 1 atom stereocenters. The predicted octanol–water partition coefficient (Wildman–Crippen LogP) is 1.24. The summed E-state index contributed by atoms with van der Waals surface area (Å²) in [5.41, 5.74) is 1.25. The van der Waals surface area contributed by atoms with E-state index in [1.807, 2.05) is 30.3 Å². The van der Waals surface area contributed by atoms with Crippen LogP contribution in [-0.2, 0) is 11.3 Å². The Balaban J connectivity index is 1.68. The minimum Gasteiger partial charge on any atom is -0.479 e. The minimum absolute atomic E-state index is 0.0873. The smallest absolute Gasteiger partial charge is 0.277 e. The Labute approximate surface area is 134 Å². The van der Waals surface area contributed by atoms with Gasteiger partial charge in [0.05, 0.1) is 19.8 Å². The van der Waals surface area contributed by atoms with Gasteiger partial charge in [-0.3, -0.25) is 4.79 Å². The molecule has 3 rings (SSSR count). The summed E-state index contributed by atoms with van der Waals surface area (Å²) in [4.78, 5) is 12.3. The molecule has 0 radical (unpaired) electrons. The van der Waals surface area contributed by atoms with Gasteiger partial charge in [0, 0.05) is 13.2 Å². The van der Waals surface area contributed by atoms with E-state index in [-0.39, 0.29) is 17.7 Å². The molecule has 2 heterocycles. The first kappa shape index (κ1) is 15.5. The Morgan fingerprint density at radius 1 is 1.43 bits per heavy atom. The molecule has 1 aromatic heterocycles. The third-order valence-electron chi connectivity index (χ3n) is 3.79. The second-order valence-electron chi connectivity index (χ2n) is 5.44. The van der Waals surface area contributed by atoms with E-state index in [1.54, 1.807) is 4.68 Å². The predicted molar refractivity (Wildman–Crippen MR) is 83.4 cm³/mol. The molecule has 7 nitrogen and oxygen atoms in total. The van der Waals surface area contributed by atoms with Gasteiger partial charge in [0.15, 0.2) is 0 Å². The molecule has 122 valence electrons. The van der Waals surface area contributed by atoms with Gasteiger partial charge in [-0.1, -0.05) is 35.5 Å². The van der Waals surface area contributed by atoms with E-state index in [9.17, 15) is 4.79 Å². The van der Waals surface area contributed by atoms with Gasteiger partial charge >= 0.3 is 0 Å². The molecule has 7 heteroatoms. The number of benzene rings is 1. The highest BCUT2D eigenvalue weighted by atomic mass is 16.5. The first-order chi connectivity index (χ1) is 11.3. The first-order valence-electron chi connectivity index (χ1n) is 7.69. The molecule has 1 saturated heterocycles. The zero-order valence-electron chi connectivity index (χ0n) is 13.1. The standard InChI is InChI=1S/C16H20N4O3/c1-22-16-14(15(21)17-10-13-8-5-9-23-13)18-19-20(16)11-12-6-3-2-4-7-12/h2-4,6-7,13H,5,8-11H2,1H3,(H,17,21)/t13-/m1/s1. The summed E-state index contributed by atoms with van der Waals surface area (Å²) in [5, 5.41) is 10.8. The van der Waals surface area contributed by atoms with Gasteiger partial charge in [-0.25, -0.2) is 4.68 Å². The van der Waals surface area contributed by atoms with Crippen LogP contribution in [0.25, 0.3) is 0 Å². The lowest BCUT2D eigenvalue weighted by molar-refractivity contribution is 0.0851. The van der Waals surface area contributed by atoms with E-state index < -0.39 is 0 Å². The van der Waals surface area contributed by atoms with Crippen LogP contribution >= 0.6 is 0 Å². The summed E-state index contributed by atoms with van der Waals surface area (Å²) in [5.74, 6) is 0.0651. The monoisotopic (exact) mass is 316 g/mol. The van der Waals surface area contributed by atoms with Gasteiger partial charge in [-0.15, -0.1) is 5.10 Å². The van der Waals surface area contributed by atoms with Crippen LogP contribution in [0.5, 0.6) is 5.88 Å². The Kier molecular flexibility index (Phi) is 4.87. The third kappa shape index (κ3) is 3.68. The van der Waals surface area contributed by atoms with Crippen LogP contribution in [0.4, 0.5) is 0 Å². The van der Waals surface area contributed by atoms with E-state index in [1.165, 1.54) is 7.11 Å². The highest BCUT2D eigenvalue weighted by molar-refractivity contribution is 5.94. The van der Waals surface area contributed by atoms with Gasteiger partial charge in [-0.2, -0.15) is 0 Å². The van der Waals surface area contributed by atoms with Crippen molar-refractivity contribution in [1.29, 1.82) is 0 Å². The molecule has 1 aliphatic heterocycles. The SMILES string of the molecule is COc1c(C(=O)NC[C@H]2CCCO2)nnn1Cc1ccccc1. The Hall–Kier alpha value is -2.41. The van der Waals surface area contributed by atoms with Crippen molar-refractivity contribution in [3.63, 3.8) is 0 Å². The van der Waals surface area contributed by atoms with Gasteiger partial charge < -0.3 is 14.8 Å². The first-order valence-corrected chi connectivity index (χ1v) is 7.69. The molecule has 1 aromatic carbocycles. The summed E-state index contributed by atoms with van der Waals surface area (Å²) in [6.45, 7) is 1.74. The molecule has 0 saturated carbocycles. The highest BCUT2D eigenvalue weighted by Crippen LogP contribution is 2.17. The molecule has 0 bridgehead atoms. The van der Waals surface area contributed by atoms with E-state index in [4.69, 9.17) is 9.47 Å². The van der Waals surface area contributed by atoms with E-state index in [2.05, 4.69) is 15.6 Å². The Morgan fingerprint density at radius 2 is 2.26 bits per heavy atom. The second kappa shape index (κ2) is 7.23. The van der Waals surface area contributed by atoms with Crippen molar-refractivity contribution >= 4 is 5.91 Å². The fourth-order valence-electron chi connectivity index (χ4n) is 2.60. The van der Waals surface area contributed by atoms with Crippen LogP contribution in [0, 0.1) is 0 Å². The average Bonchev–Trinajstić information content (AvgIpc) is 3.23. The number of ether oxygens (including phenoxy) is 2. The maximum Gasteiger partial charge on any atom is 0.277 e. The summed E-state index contributed by atoms with van der Waals surface area (Å²) in [6.07, 6.45) is 2.10. The molecule has 0 unspecified atom stereocenters. The minimum atomic E-state index is -0.295. The second-order valence-corrected chi connectivity index (χ2v) is 5.44. The lowest BCUT2D eigenvalue weighted by atomic mass is 10.2. The topological polar surface area (TPSA) is 78.3 Å². The number of aromatic nitrogens is 3. The van der Waals surface area contributed by atoms with Crippen molar-refractivity contribution in [3.8, 4) is 5.88 Å². The molecule has 1 amide bonds. The molecule has 2 aromatic rings. The van der Waals surface area contributed by atoms with E-state index in [0.717, 1.165) is 25.0 Å². The zero-order valence-corrected chi connectivity index (χ0v) is 13.1. The van der Waals surface area contributed by atoms with Gasteiger partial charge in [0.1, 0.15) is 0 Å². The van der Waals surface area contributed by atoms with Crippen LogP contribution in [0.2, 0.25) is 0 Å². The number of methoxy groups -OCH3 is 1. The highest BCUT2D eigenvalue weighted by Gasteiger charge is 2.23. The molecule has 0 aliphatic carbocycles. The van der Waals surface area contributed by atoms with Crippen molar-refractivity contribution in [3.05, 3.63) is 41.6 Å². The van der Waals surface area contributed by atoms with Gasteiger partial charge in [-0.05, 0) is 18.4 Å². The molecule has 1 aliphatic rings. The third-order valence-corrected chi connectivity index (χ3v) is 3.79. The van der Waals surface area contributed by atoms with Crippen LogP contribution in [0.3, 0.4) is 0 Å². The quantitative estimate of drug-likeness (QED) is 0.867. The van der Waals surface area contributed by atoms with E-state index >= 15 is 0 Å². The lowest BCUT2D eigenvalue weighted by Crippen LogP contribution is -2.32. The fourth-order valence-corrected chi connectivity index (χ4v) is 2.60. The maximum atomic E-state index is 12.3. The van der Waals surface area contributed by atoms with Crippen LogP contribution in [0.15, 0.2) is 30.3 Å². The van der Waals surface area contributed by atoms with E-state index in [0.29, 0.717) is 19.0 Å². The molecule has 1 fully saturated rings. The largest absolute Gasteiger partial charge is 0.479 e. The number of carbonyl (C=O) groups is 1. The Bertz CT molecular complexity index is 651. The Morgan fingerprint density at radius 3 is 2.96 bits per heavy atom. The molecule has 1 N–H and O–H groups in total. The summed E-state index contributed by atoms with van der Waals surface area (Å²) >= 11 is 0. The molecule has 23 heavy (non-hydrogen) atoms. The molecular weight excluding hydrogens is 296 g/mol. The zero-order chi connectivity index (χ0) is 16.1. The van der Waals surface area contributed by atoms with Crippen molar-refractivity contribution in [2.75, 3.05) is 20.3 Å². The van der Waals surface area contributed by atoms with Crippen LogP contribution < -0.4 is 10.1 Å². The number of nitrogens with one attached hydrogen (secondary N) is 1. The maximum absolute atomic E-state index is 12.3. The summed E-state index contributed by atoms with van der Waals surface area (Å²) < 4.78 is 12.4. The molecule has 0 spiro atoms. The number of carbonyl (C=O) groups excluding carboxylic acids is 1. The van der Waals surface area contributed by atoms with Crippen LogP contribution in [0.1, 0.15) is 28.9 Å². The number of hydrogen-bond acceptors (Lipinski definition) is 5. The summed E-state index contributed by atoms with van der Waals surface area (Å²) in [6, 6.07) is 9.82. The lowest BCUT2D eigenvalue weighted by Gasteiger charge is -2.10. The fraction of sp³-hybridized carbons (Fsp3) is 0.438. The van der Waals surface area contributed by atoms with Crippen molar-refractivity contribution in [1.82, 2.24) is 20.3 Å². The van der Waals surface area contributed by atoms with Crippen molar-refractivity contribution < 1.29 is 14.3 Å². The summed E-state index contributed by atoms with van der Waals surface area (Å²) in [7, 11) is 1.51. The number of nitrogens with zero attached hydrogens (tertiary/aromatic N) is 3.